The minimum Gasteiger partial charge on any atom is -0.398 e. The van der Waals surface area contributed by atoms with Gasteiger partial charge in [-0.3, -0.25) is 0 Å². The third-order valence-corrected chi connectivity index (χ3v) is 3.31. The van der Waals surface area contributed by atoms with Gasteiger partial charge in [0.2, 0.25) is 5.69 Å². The first kappa shape index (κ1) is 13.1. The fourth-order valence-corrected chi connectivity index (χ4v) is 2.23. The molecule has 0 fully saturated rings. The van der Waals surface area contributed by atoms with Crippen molar-refractivity contribution in [3.63, 3.8) is 0 Å². The molecule has 0 unspecified atom stereocenters. The second kappa shape index (κ2) is 6.06. The highest BCUT2D eigenvalue weighted by molar-refractivity contribution is 5.62. The predicted octanol–water partition coefficient (Wildman–Crippen LogP) is 3.85. The third-order valence-electron chi connectivity index (χ3n) is 3.31. The first-order valence-electron chi connectivity index (χ1n) is 6.92. The van der Waals surface area contributed by atoms with Crippen molar-refractivity contribution in [1.82, 2.24) is 0 Å². The van der Waals surface area contributed by atoms with Crippen molar-refractivity contribution >= 4 is 18.0 Å². The molecule has 0 saturated heterocycles. The Labute approximate surface area is 124 Å². The van der Waals surface area contributed by atoms with Crippen molar-refractivity contribution < 1.29 is 4.57 Å². The Bertz CT molecular complexity index is 747. The Morgan fingerprint density at radius 1 is 0.810 bits per heavy atom. The number of benzene rings is 2. The number of nitrogen functional groups attached to an aromatic ring is 1. The summed E-state index contributed by atoms with van der Waals surface area (Å²) in [5.74, 6) is 0. The molecule has 0 amide bonds. The molecule has 2 heteroatoms. The third kappa shape index (κ3) is 3.18. The highest BCUT2D eigenvalue weighted by Gasteiger charge is 2.11. The first-order valence-corrected chi connectivity index (χ1v) is 6.92. The number of hydrogen-bond acceptors (Lipinski definition) is 1. The number of rotatable bonds is 3. The number of nitrogens with zero attached hydrogens (tertiary/aromatic N) is 1. The lowest BCUT2D eigenvalue weighted by atomic mass is 10.1. The zero-order valence-corrected chi connectivity index (χ0v) is 11.7. The second-order valence-corrected chi connectivity index (χ2v) is 4.85. The average Bonchev–Trinajstić information content (AvgIpc) is 2.55. The summed E-state index contributed by atoms with van der Waals surface area (Å²) < 4.78 is 2.08. The van der Waals surface area contributed by atoms with Gasteiger partial charge in [0.1, 0.15) is 0 Å². The Hall–Kier alpha value is -2.87. The summed E-state index contributed by atoms with van der Waals surface area (Å²) in [6, 6.07) is 24.4. The van der Waals surface area contributed by atoms with Gasteiger partial charge in [-0.05, 0) is 17.7 Å². The van der Waals surface area contributed by atoms with Crippen LogP contribution in [0.15, 0.2) is 79.0 Å². The second-order valence-electron chi connectivity index (χ2n) is 4.85. The van der Waals surface area contributed by atoms with Crippen LogP contribution in [0.2, 0.25) is 0 Å². The molecule has 0 aliphatic carbocycles. The normalized spacial score (nSPS) is 10.9. The molecule has 2 aromatic carbocycles. The lowest BCUT2D eigenvalue weighted by molar-refractivity contribution is -0.555. The first-order chi connectivity index (χ1) is 10.3. The summed E-state index contributed by atoms with van der Waals surface area (Å²) >= 11 is 0. The number of nitrogens with two attached hydrogens (primary N) is 1. The van der Waals surface area contributed by atoms with Gasteiger partial charge < -0.3 is 5.73 Å². The highest BCUT2D eigenvalue weighted by atomic mass is 14.9. The molecule has 2 nitrogen and oxygen atoms in total. The van der Waals surface area contributed by atoms with E-state index in [4.69, 9.17) is 5.73 Å². The van der Waals surface area contributed by atoms with Crippen LogP contribution >= 0.6 is 0 Å². The molecule has 1 heterocycles. The van der Waals surface area contributed by atoms with Crippen LogP contribution < -0.4 is 10.3 Å². The fraction of sp³-hybridized carbons (Fsp3) is 0. The summed E-state index contributed by atoms with van der Waals surface area (Å²) in [5, 5.41) is 0. The van der Waals surface area contributed by atoms with Crippen LogP contribution in [-0.4, -0.2) is 0 Å². The molecular weight excluding hydrogens is 256 g/mol. The van der Waals surface area contributed by atoms with Crippen molar-refractivity contribution in [2.24, 2.45) is 0 Å². The molecule has 0 saturated carbocycles. The highest BCUT2D eigenvalue weighted by Crippen LogP contribution is 2.17. The van der Waals surface area contributed by atoms with Crippen LogP contribution in [0.25, 0.3) is 23.5 Å². The average molecular weight is 273 g/mol. The van der Waals surface area contributed by atoms with Crippen LogP contribution in [0.5, 0.6) is 0 Å². The molecule has 0 bridgehead atoms. The van der Waals surface area contributed by atoms with E-state index in [0.29, 0.717) is 0 Å². The van der Waals surface area contributed by atoms with Crippen molar-refractivity contribution in [1.29, 1.82) is 0 Å². The largest absolute Gasteiger partial charge is 0.398 e. The molecule has 1 aromatic heterocycles. The molecule has 3 aromatic rings. The van der Waals surface area contributed by atoms with E-state index in [1.807, 2.05) is 54.7 Å². The SMILES string of the molecule is Nc1cc[n+](C=Cc2ccccc2)c(-c2ccccc2)c1. The van der Waals surface area contributed by atoms with Crippen LogP contribution in [0.4, 0.5) is 5.69 Å². The summed E-state index contributed by atoms with van der Waals surface area (Å²) in [7, 11) is 0. The maximum Gasteiger partial charge on any atom is 0.219 e. The summed E-state index contributed by atoms with van der Waals surface area (Å²) in [6.07, 6.45) is 6.12. The molecule has 0 spiro atoms. The van der Waals surface area contributed by atoms with Crippen molar-refractivity contribution in [3.8, 4) is 11.3 Å². The van der Waals surface area contributed by atoms with Gasteiger partial charge in [0.25, 0.3) is 0 Å². The zero-order valence-electron chi connectivity index (χ0n) is 11.7. The van der Waals surface area contributed by atoms with Gasteiger partial charge >= 0.3 is 0 Å². The topological polar surface area (TPSA) is 29.9 Å². The van der Waals surface area contributed by atoms with Crippen LogP contribution in [0.1, 0.15) is 5.56 Å². The Kier molecular flexibility index (Phi) is 3.79. The van der Waals surface area contributed by atoms with Gasteiger partial charge in [0.15, 0.2) is 12.4 Å². The Morgan fingerprint density at radius 2 is 1.48 bits per heavy atom. The number of pyridine rings is 1. The van der Waals surface area contributed by atoms with E-state index in [2.05, 4.69) is 41.1 Å². The lowest BCUT2D eigenvalue weighted by Crippen LogP contribution is -2.28. The maximum atomic E-state index is 5.93. The van der Waals surface area contributed by atoms with Gasteiger partial charge in [0.05, 0.1) is 0 Å². The molecule has 0 atom stereocenters. The molecule has 2 N–H and O–H groups in total. The minimum absolute atomic E-state index is 0.762. The Morgan fingerprint density at radius 3 is 2.19 bits per heavy atom. The van der Waals surface area contributed by atoms with E-state index in [-0.39, 0.29) is 0 Å². The van der Waals surface area contributed by atoms with E-state index < -0.39 is 0 Å². The number of anilines is 1. The van der Waals surface area contributed by atoms with E-state index in [9.17, 15) is 0 Å². The van der Waals surface area contributed by atoms with E-state index in [1.165, 1.54) is 5.56 Å². The zero-order chi connectivity index (χ0) is 14.5. The summed E-state index contributed by atoms with van der Waals surface area (Å²) in [4.78, 5) is 0. The van der Waals surface area contributed by atoms with Gasteiger partial charge in [-0.2, -0.15) is 4.57 Å². The maximum absolute atomic E-state index is 5.93. The van der Waals surface area contributed by atoms with E-state index in [0.717, 1.165) is 16.9 Å². The number of aromatic nitrogens is 1. The van der Waals surface area contributed by atoms with Crippen molar-refractivity contribution in [2.45, 2.75) is 0 Å². The molecule has 21 heavy (non-hydrogen) atoms. The van der Waals surface area contributed by atoms with E-state index in [1.54, 1.807) is 0 Å². The number of hydrogen-bond donors (Lipinski definition) is 1. The van der Waals surface area contributed by atoms with Crippen LogP contribution in [0.3, 0.4) is 0 Å². The monoisotopic (exact) mass is 273 g/mol. The summed E-state index contributed by atoms with van der Waals surface area (Å²) in [5.41, 5.74) is 10.1. The van der Waals surface area contributed by atoms with Gasteiger partial charge in [-0.25, -0.2) is 0 Å². The van der Waals surface area contributed by atoms with Crippen LogP contribution in [0, 0.1) is 0 Å². The van der Waals surface area contributed by atoms with Gasteiger partial charge in [0, 0.05) is 29.5 Å². The predicted molar refractivity (Wildman–Crippen MR) is 88.2 cm³/mol. The van der Waals surface area contributed by atoms with Gasteiger partial charge in [-0.1, -0.05) is 48.5 Å². The minimum atomic E-state index is 0.762. The summed E-state index contributed by atoms with van der Waals surface area (Å²) in [6.45, 7) is 0. The Balaban J connectivity index is 2.01. The van der Waals surface area contributed by atoms with E-state index >= 15 is 0 Å². The standard InChI is InChI=1S/C19H16N2/c20-18-12-14-21(13-11-16-7-3-1-4-8-16)19(15-18)17-9-5-2-6-10-17/h1-15,20H/p+1. The van der Waals surface area contributed by atoms with Crippen LogP contribution in [-0.2, 0) is 0 Å². The molecule has 0 radical (unpaired) electrons. The fourth-order valence-electron chi connectivity index (χ4n) is 2.23. The molecule has 0 aliphatic rings. The quantitative estimate of drug-likeness (QED) is 0.722. The van der Waals surface area contributed by atoms with Gasteiger partial charge in [-0.15, -0.1) is 0 Å². The lowest BCUT2D eigenvalue weighted by Gasteiger charge is -2.01. The van der Waals surface area contributed by atoms with Crippen molar-refractivity contribution in [3.05, 3.63) is 84.6 Å². The molecule has 0 aliphatic heterocycles. The molecule has 102 valence electrons. The van der Waals surface area contributed by atoms with Crippen molar-refractivity contribution in [2.75, 3.05) is 5.73 Å². The smallest absolute Gasteiger partial charge is 0.219 e. The molecule has 3 rings (SSSR count). The molecular formula is C19H17N2+.